The number of nitrogens with zero attached hydrogens (tertiary/aromatic N) is 3. The van der Waals surface area contributed by atoms with Crippen molar-refractivity contribution in [2.75, 3.05) is 53.4 Å². The van der Waals surface area contributed by atoms with Gasteiger partial charge in [0, 0.05) is 37.5 Å². The summed E-state index contributed by atoms with van der Waals surface area (Å²) in [6.45, 7) is 5.67. The van der Waals surface area contributed by atoms with Crippen LogP contribution in [0.4, 0.5) is 0 Å². The van der Waals surface area contributed by atoms with E-state index in [2.05, 4.69) is 46.0 Å². The predicted molar refractivity (Wildman–Crippen MR) is 112 cm³/mol. The molecular weight excluding hydrogens is 350 g/mol. The Morgan fingerprint density at radius 2 is 1.75 bits per heavy atom. The number of hydrogen-bond acceptors (Lipinski definition) is 4. The number of piperidine rings is 1. The number of methoxy groups -OCH3 is 1. The summed E-state index contributed by atoms with van der Waals surface area (Å²) in [6.07, 6.45) is 6.20. The highest BCUT2D eigenvalue weighted by Gasteiger charge is 2.44. The second-order valence-electron chi connectivity index (χ2n) is 8.87. The average Bonchev–Trinajstić information content (AvgIpc) is 2.88. The monoisotopic (exact) mass is 385 g/mol. The van der Waals surface area contributed by atoms with E-state index in [9.17, 15) is 4.79 Å². The summed E-state index contributed by atoms with van der Waals surface area (Å²) in [6, 6.07) is 9.13. The lowest BCUT2D eigenvalue weighted by Gasteiger charge is -2.39. The van der Waals surface area contributed by atoms with Crippen molar-refractivity contribution in [2.45, 2.75) is 44.1 Å². The minimum atomic E-state index is 0.336. The lowest BCUT2D eigenvalue weighted by Crippen LogP contribution is -2.50. The van der Waals surface area contributed by atoms with Crippen molar-refractivity contribution in [1.82, 2.24) is 14.7 Å². The van der Waals surface area contributed by atoms with Crippen LogP contribution in [0.15, 0.2) is 24.3 Å². The van der Waals surface area contributed by atoms with Crippen LogP contribution in [0.5, 0.6) is 5.75 Å². The van der Waals surface area contributed by atoms with Crippen molar-refractivity contribution in [3.8, 4) is 5.75 Å². The lowest BCUT2D eigenvalue weighted by molar-refractivity contribution is -0.134. The van der Waals surface area contributed by atoms with E-state index in [4.69, 9.17) is 4.74 Å². The lowest BCUT2D eigenvalue weighted by atomic mass is 9.81. The molecule has 3 aliphatic heterocycles. The fourth-order valence-corrected chi connectivity index (χ4v) is 5.51. The summed E-state index contributed by atoms with van der Waals surface area (Å²) in [4.78, 5) is 20.1. The topological polar surface area (TPSA) is 36.0 Å². The second-order valence-corrected chi connectivity index (χ2v) is 8.87. The molecule has 0 spiro atoms. The van der Waals surface area contributed by atoms with Crippen LogP contribution < -0.4 is 4.74 Å². The summed E-state index contributed by atoms with van der Waals surface area (Å²) in [5.74, 6) is 2.27. The number of likely N-dealkylation sites (tertiary alicyclic amines) is 3. The van der Waals surface area contributed by atoms with Gasteiger partial charge in [-0.1, -0.05) is 25.0 Å². The number of ether oxygens (including phenoxy) is 1. The number of likely N-dealkylation sites (N-methyl/N-ethyl adjacent to an activating group) is 1. The highest BCUT2D eigenvalue weighted by Crippen LogP contribution is 2.41. The Labute approximate surface area is 169 Å². The van der Waals surface area contributed by atoms with Crippen LogP contribution in [0.2, 0.25) is 0 Å². The highest BCUT2D eigenvalue weighted by molar-refractivity contribution is 5.78. The van der Waals surface area contributed by atoms with E-state index < -0.39 is 0 Å². The number of hydrogen-bond donors (Lipinski definition) is 0. The number of benzene rings is 1. The van der Waals surface area contributed by atoms with Crippen molar-refractivity contribution in [2.24, 2.45) is 5.92 Å². The Morgan fingerprint density at radius 1 is 1.04 bits per heavy atom. The van der Waals surface area contributed by atoms with Crippen molar-refractivity contribution >= 4 is 5.91 Å². The van der Waals surface area contributed by atoms with Crippen LogP contribution in [0, 0.1) is 5.92 Å². The number of fused-ring (bicyclic) bond motifs is 1. The van der Waals surface area contributed by atoms with Crippen molar-refractivity contribution in [3.05, 3.63) is 29.8 Å². The Balaban J connectivity index is 1.42. The van der Waals surface area contributed by atoms with Crippen molar-refractivity contribution < 1.29 is 9.53 Å². The van der Waals surface area contributed by atoms with Gasteiger partial charge in [0.2, 0.25) is 5.91 Å². The van der Waals surface area contributed by atoms with E-state index in [-0.39, 0.29) is 0 Å². The molecule has 3 fully saturated rings. The van der Waals surface area contributed by atoms with Gasteiger partial charge < -0.3 is 14.5 Å². The van der Waals surface area contributed by atoms with Gasteiger partial charge in [0.15, 0.2) is 0 Å². The molecule has 28 heavy (non-hydrogen) atoms. The summed E-state index contributed by atoms with van der Waals surface area (Å²) < 4.78 is 5.32. The molecule has 4 rings (SSSR count). The molecule has 1 aromatic carbocycles. The first-order chi connectivity index (χ1) is 13.7. The van der Waals surface area contributed by atoms with Crippen molar-refractivity contribution in [1.29, 1.82) is 0 Å². The number of rotatable bonds is 4. The van der Waals surface area contributed by atoms with E-state index in [1.54, 1.807) is 7.11 Å². The molecule has 154 valence electrons. The van der Waals surface area contributed by atoms with E-state index in [1.807, 2.05) is 0 Å². The molecule has 0 N–H and O–H groups in total. The first-order valence-electron chi connectivity index (χ1n) is 11.0. The normalized spacial score (nSPS) is 29.4. The smallest absolute Gasteiger partial charge is 0.236 e. The first-order valence-corrected chi connectivity index (χ1v) is 11.0. The molecule has 0 bridgehead atoms. The molecule has 0 unspecified atom stereocenters. The van der Waals surface area contributed by atoms with Gasteiger partial charge in [0.05, 0.1) is 13.7 Å². The molecule has 0 aliphatic carbocycles. The fraction of sp³-hybridized carbons (Fsp3) is 0.696. The van der Waals surface area contributed by atoms with Gasteiger partial charge in [-0.25, -0.2) is 0 Å². The zero-order valence-corrected chi connectivity index (χ0v) is 17.5. The summed E-state index contributed by atoms with van der Waals surface area (Å²) in [5.41, 5.74) is 1.38. The van der Waals surface area contributed by atoms with Gasteiger partial charge >= 0.3 is 0 Å². The quantitative estimate of drug-likeness (QED) is 0.799. The summed E-state index contributed by atoms with van der Waals surface area (Å²) in [5, 5.41) is 0. The minimum Gasteiger partial charge on any atom is -0.497 e. The molecule has 3 atom stereocenters. The zero-order chi connectivity index (χ0) is 19.5. The molecule has 3 heterocycles. The molecule has 3 aliphatic rings. The van der Waals surface area contributed by atoms with Crippen LogP contribution in [-0.4, -0.2) is 80.1 Å². The maximum Gasteiger partial charge on any atom is 0.236 e. The third-order valence-corrected chi connectivity index (χ3v) is 7.14. The van der Waals surface area contributed by atoms with Crippen LogP contribution in [0.1, 0.15) is 43.6 Å². The Morgan fingerprint density at radius 3 is 2.43 bits per heavy atom. The molecule has 3 saturated heterocycles. The summed E-state index contributed by atoms with van der Waals surface area (Å²) in [7, 11) is 3.96. The van der Waals surface area contributed by atoms with Crippen LogP contribution in [0.25, 0.3) is 0 Å². The molecule has 0 saturated carbocycles. The van der Waals surface area contributed by atoms with Gasteiger partial charge in [-0.05, 0) is 57.1 Å². The number of amides is 1. The Bertz CT molecular complexity index is 654. The van der Waals surface area contributed by atoms with Gasteiger partial charge in [-0.2, -0.15) is 0 Å². The Hall–Kier alpha value is -1.59. The average molecular weight is 386 g/mol. The van der Waals surface area contributed by atoms with Gasteiger partial charge in [-0.3, -0.25) is 9.69 Å². The molecule has 1 aromatic rings. The highest BCUT2D eigenvalue weighted by atomic mass is 16.5. The van der Waals surface area contributed by atoms with Crippen LogP contribution >= 0.6 is 0 Å². The van der Waals surface area contributed by atoms with Crippen LogP contribution in [0.3, 0.4) is 0 Å². The third-order valence-electron chi connectivity index (χ3n) is 7.14. The van der Waals surface area contributed by atoms with Gasteiger partial charge in [0.25, 0.3) is 0 Å². The van der Waals surface area contributed by atoms with E-state index in [0.717, 1.165) is 44.9 Å². The zero-order valence-electron chi connectivity index (χ0n) is 17.5. The first kappa shape index (κ1) is 19.7. The largest absolute Gasteiger partial charge is 0.497 e. The maximum absolute atomic E-state index is 13.0. The number of carbonyl (C=O) groups is 1. The standard InChI is InChI=1S/C23H35N3O2/c1-24-15-20(18-7-9-19(28-2)10-8-18)21-16-26(14-11-22(21)24)23(27)17-25-12-5-3-4-6-13-25/h7-10,20-22H,3-6,11-17H2,1-2H3/t20-,21-,22-/m1/s1. The van der Waals surface area contributed by atoms with Crippen LogP contribution in [-0.2, 0) is 4.79 Å². The van der Waals surface area contributed by atoms with Gasteiger partial charge in [0.1, 0.15) is 5.75 Å². The molecule has 1 amide bonds. The summed E-state index contributed by atoms with van der Waals surface area (Å²) >= 11 is 0. The predicted octanol–water partition coefficient (Wildman–Crippen LogP) is 2.82. The van der Waals surface area contributed by atoms with Gasteiger partial charge in [-0.15, -0.1) is 0 Å². The molecule has 0 radical (unpaired) electrons. The van der Waals surface area contributed by atoms with Crippen molar-refractivity contribution in [3.63, 3.8) is 0 Å². The molecule has 5 heteroatoms. The maximum atomic E-state index is 13.0. The van der Waals surface area contributed by atoms with E-state index in [0.29, 0.717) is 30.3 Å². The van der Waals surface area contributed by atoms with E-state index in [1.165, 1.54) is 31.2 Å². The minimum absolute atomic E-state index is 0.336. The molecule has 0 aromatic heterocycles. The SMILES string of the molecule is COc1ccc([C@H]2CN(C)[C@@H]3CCN(C(=O)CN4CCCCCC4)C[C@H]23)cc1. The van der Waals surface area contributed by atoms with E-state index >= 15 is 0 Å². The fourth-order valence-electron chi connectivity index (χ4n) is 5.51. The molecule has 5 nitrogen and oxygen atoms in total. The molecular formula is C23H35N3O2. The third kappa shape index (κ3) is 4.20. The second kappa shape index (κ2) is 8.83. The Kier molecular flexibility index (Phi) is 6.22. The number of carbonyl (C=O) groups excluding carboxylic acids is 1.